The molecule has 0 spiro atoms. The first-order valence-electron chi connectivity index (χ1n) is 14.6. The van der Waals surface area contributed by atoms with Crippen molar-refractivity contribution in [3.8, 4) is 0 Å². The highest BCUT2D eigenvalue weighted by molar-refractivity contribution is 7.80. The highest BCUT2D eigenvalue weighted by atomic mass is 32.3. The molecule has 4 aromatic rings. The largest absolute Gasteiger partial charge is 0.481 e. The normalized spacial score (nSPS) is 12.9. The minimum atomic E-state index is -4.55. The van der Waals surface area contributed by atoms with Gasteiger partial charge in [0.05, 0.1) is 36.7 Å². The van der Waals surface area contributed by atoms with Crippen LogP contribution in [0.4, 0.5) is 0 Å². The predicted octanol–water partition coefficient (Wildman–Crippen LogP) is 1.02. The van der Waals surface area contributed by atoms with E-state index in [0.29, 0.717) is 42.0 Å². The quantitative estimate of drug-likeness (QED) is 0.0905. The molecule has 0 fully saturated rings. The molecule has 0 aliphatic heterocycles. The van der Waals surface area contributed by atoms with Crippen LogP contribution in [0, 0.1) is 12.8 Å². The maximum Gasteiger partial charge on any atom is 0.397 e. The summed E-state index contributed by atoms with van der Waals surface area (Å²) in [6.07, 6.45) is 4.08. The smallest absolute Gasteiger partial charge is 0.397 e. The van der Waals surface area contributed by atoms with Crippen LogP contribution < -0.4 is 10.9 Å². The van der Waals surface area contributed by atoms with Crippen molar-refractivity contribution in [3.63, 3.8) is 0 Å². The number of amides is 1. The van der Waals surface area contributed by atoms with E-state index in [4.69, 9.17) is 4.55 Å². The van der Waals surface area contributed by atoms with Gasteiger partial charge in [0.25, 0.3) is 5.56 Å². The van der Waals surface area contributed by atoms with Gasteiger partial charge in [-0.3, -0.25) is 23.7 Å². The molecule has 0 radical (unpaired) electrons. The summed E-state index contributed by atoms with van der Waals surface area (Å²) in [6.45, 7) is 3.08. The molecule has 17 nitrogen and oxygen atoms in total. The number of carboxylic acid groups (broad SMARTS) is 1. The van der Waals surface area contributed by atoms with Gasteiger partial charge in [0, 0.05) is 37.1 Å². The number of nitrogens with one attached hydrogen (secondary N) is 2. The Morgan fingerprint density at radius 1 is 1.11 bits per heavy atom. The minimum Gasteiger partial charge on any atom is -0.481 e. The third kappa shape index (κ3) is 10.8. The van der Waals surface area contributed by atoms with E-state index in [1.54, 1.807) is 44.3 Å². The van der Waals surface area contributed by atoms with Crippen LogP contribution in [0.1, 0.15) is 59.3 Å². The van der Waals surface area contributed by atoms with Crippen molar-refractivity contribution < 1.29 is 36.6 Å². The number of H-pyrrole nitrogens is 1. The van der Waals surface area contributed by atoms with E-state index >= 15 is 0 Å². The van der Waals surface area contributed by atoms with E-state index in [1.165, 1.54) is 10.9 Å². The van der Waals surface area contributed by atoms with Crippen molar-refractivity contribution in [2.45, 2.75) is 65.0 Å². The number of Topliss-reactive ketones (excluding diaryl/α,β-unsaturated/α-hetero) is 1. The molecule has 1 aromatic carbocycles. The molecule has 3 aromatic heterocycles. The summed E-state index contributed by atoms with van der Waals surface area (Å²) in [7, 11) is -4.55. The van der Waals surface area contributed by atoms with E-state index in [0.717, 1.165) is 5.56 Å². The van der Waals surface area contributed by atoms with Crippen molar-refractivity contribution in [3.05, 3.63) is 75.4 Å². The number of rotatable bonds is 17. The van der Waals surface area contributed by atoms with Crippen LogP contribution >= 0.6 is 0 Å². The summed E-state index contributed by atoms with van der Waals surface area (Å²) >= 11 is 0. The van der Waals surface area contributed by atoms with Gasteiger partial charge in [-0.15, -0.1) is 5.10 Å². The van der Waals surface area contributed by atoms with E-state index in [1.807, 2.05) is 0 Å². The second kappa shape index (κ2) is 15.6. The summed E-state index contributed by atoms with van der Waals surface area (Å²) in [5.41, 5.74) is 2.48. The number of aromatic amines is 1. The molecular formula is C29H34N8O9S. The van der Waals surface area contributed by atoms with Crippen LogP contribution in [-0.2, 0) is 50.0 Å². The summed E-state index contributed by atoms with van der Waals surface area (Å²) in [5, 5.41) is 20.2. The molecule has 0 unspecified atom stereocenters. The van der Waals surface area contributed by atoms with Gasteiger partial charge in [0.15, 0.2) is 16.9 Å². The Labute approximate surface area is 268 Å². The van der Waals surface area contributed by atoms with Gasteiger partial charge in [0.2, 0.25) is 5.91 Å². The SMILES string of the molecule is Cc1nc2ncc(CCc3ccc(C(=O)C[C@@H](CCC(=O)N[C@H](C)Cc4cn(CCOS(=O)(=O)O)nn4)C(=O)O)cc3)nc2c(=O)[nH]1. The fraction of sp³-hybridized carbons (Fsp3) is 0.414. The minimum absolute atomic E-state index is 0.0247. The van der Waals surface area contributed by atoms with Gasteiger partial charge in [-0.05, 0) is 38.7 Å². The van der Waals surface area contributed by atoms with Crippen molar-refractivity contribution >= 4 is 39.2 Å². The molecular weight excluding hydrogens is 636 g/mol. The molecule has 3 heterocycles. The fourth-order valence-corrected chi connectivity index (χ4v) is 5.05. The van der Waals surface area contributed by atoms with Crippen LogP contribution in [-0.4, -0.2) is 83.3 Å². The Morgan fingerprint density at radius 3 is 2.55 bits per heavy atom. The van der Waals surface area contributed by atoms with Crippen LogP contribution in [0.3, 0.4) is 0 Å². The first-order valence-corrected chi connectivity index (χ1v) is 16.0. The van der Waals surface area contributed by atoms with Crippen LogP contribution in [0.25, 0.3) is 11.2 Å². The summed E-state index contributed by atoms with van der Waals surface area (Å²) in [4.78, 5) is 64.8. The Morgan fingerprint density at radius 2 is 1.85 bits per heavy atom. The van der Waals surface area contributed by atoms with E-state index < -0.39 is 22.3 Å². The number of hydrogen-bond acceptors (Lipinski definition) is 12. The van der Waals surface area contributed by atoms with Crippen LogP contribution in [0.5, 0.6) is 0 Å². The van der Waals surface area contributed by atoms with E-state index in [2.05, 4.69) is 39.7 Å². The first kappa shape index (κ1) is 34.9. The van der Waals surface area contributed by atoms with Crippen molar-refractivity contribution in [1.82, 2.24) is 40.2 Å². The van der Waals surface area contributed by atoms with E-state index in [-0.39, 0.29) is 66.9 Å². The average Bonchev–Trinajstić information content (AvgIpc) is 3.44. The highest BCUT2D eigenvalue weighted by Crippen LogP contribution is 2.18. The first-order chi connectivity index (χ1) is 22.3. The summed E-state index contributed by atoms with van der Waals surface area (Å²) < 4.78 is 35.4. The fourth-order valence-electron chi connectivity index (χ4n) is 4.76. The standard InChI is InChI=1S/C29H34N8O9S/c1-17(13-23-16-37(36-35-23)11-12-46-47(43,44)45)31-25(39)10-8-21(29(41)42)14-24(38)20-6-3-19(4-7-20)5-9-22-15-30-27-26(34-22)28(40)33-18(2)32-27/h3-4,6-7,15-17,21H,5,8-14H2,1-2H3,(H,31,39)(H,41,42)(H,43,44,45)(H,30,32,33,40)/t17-,21-/m1/s1. The topological polar surface area (TPSA) is 249 Å². The van der Waals surface area contributed by atoms with Gasteiger partial charge in [-0.25, -0.2) is 23.8 Å². The lowest BCUT2D eigenvalue weighted by Crippen LogP contribution is -2.34. The zero-order chi connectivity index (χ0) is 34.1. The Bertz CT molecular complexity index is 1910. The highest BCUT2D eigenvalue weighted by Gasteiger charge is 2.23. The number of carboxylic acids is 1. The molecule has 2 atom stereocenters. The molecule has 0 saturated carbocycles. The number of carbonyl (C=O) groups excluding carboxylic acids is 2. The van der Waals surface area contributed by atoms with Crippen molar-refractivity contribution in [1.29, 1.82) is 0 Å². The zero-order valence-electron chi connectivity index (χ0n) is 25.6. The number of nitrogens with zero attached hydrogens (tertiary/aromatic N) is 6. The molecule has 1 amide bonds. The third-order valence-electron chi connectivity index (χ3n) is 7.09. The average molecular weight is 671 g/mol. The predicted molar refractivity (Wildman–Crippen MR) is 165 cm³/mol. The van der Waals surface area contributed by atoms with Gasteiger partial charge >= 0.3 is 16.4 Å². The molecule has 4 N–H and O–H groups in total. The Kier molecular flexibility index (Phi) is 11.6. The lowest BCUT2D eigenvalue weighted by molar-refractivity contribution is -0.142. The van der Waals surface area contributed by atoms with Crippen LogP contribution in [0.15, 0.2) is 41.5 Å². The van der Waals surface area contributed by atoms with Gasteiger partial charge < -0.3 is 15.4 Å². The maximum atomic E-state index is 12.9. The Hall–Kier alpha value is -4.94. The molecule has 4 rings (SSSR count). The zero-order valence-corrected chi connectivity index (χ0v) is 26.4. The number of benzene rings is 1. The number of aliphatic carboxylic acids is 1. The molecule has 18 heteroatoms. The monoisotopic (exact) mass is 670 g/mol. The van der Waals surface area contributed by atoms with Gasteiger partial charge in [-0.2, -0.15) is 8.42 Å². The van der Waals surface area contributed by atoms with E-state index in [9.17, 15) is 32.7 Å². The lowest BCUT2D eigenvalue weighted by Gasteiger charge is -2.15. The number of aryl methyl sites for hydroxylation is 3. The molecule has 0 saturated heterocycles. The second-order valence-corrected chi connectivity index (χ2v) is 12.1. The van der Waals surface area contributed by atoms with Gasteiger partial charge in [0.1, 0.15) is 5.82 Å². The number of carbonyl (C=O) groups is 3. The second-order valence-electron chi connectivity index (χ2n) is 11.0. The molecule has 0 aliphatic rings. The molecule has 47 heavy (non-hydrogen) atoms. The summed E-state index contributed by atoms with van der Waals surface area (Å²) in [5.74, 6) is -2.52. The van der Waals surface area contributed by atoms with Gasteiger partial charge in [-0.1, -0.05) is 29.5 Å². The molecule has 0 aliphatic carbocycles. The third-order valence-corrected chi connectivity index (χ3v) is 7.56. The number of fused-ring (bicyclic) bond motifs is 1. The van der Waals surface area contributed by atoms with Crippen LogP contribution in [0.2, 0.25) is 0 Å². The van der Waals surface area contributed by atoms with Crippen molar-refractivity contribution in [2.24, 2.45) is 5.92 Å². The molecule has 250 valence electrons. The van der Waals surface area contributed by atoms with Crippen molar-refractivity contribution in [2.75, 3.05) is 6.61 Å². The maximum absolute atomic E-state index is 12.9. The summed E-state index contributed by atoms with van der Waals surface area (Å²) in [6, 6.07) is 6.44. The number of aromatic nitrogens is 7. The number of ketones is 1. The Balaban J connectivity index is 1.22. The number of hydrogen-bond donors (Lipinski definition) is 4. The lowest BCUT2D eigenvalue weighted by atomic mass is 9.93. The molecule has 0 bridgehead atoms.